The van der Waals surface area contributed by atoms with E-state index < -0.39 is 21.5 Å². The van der Waals surface area contributed by atoms with Crippen LogP contribution in [0.25, 0.3) is 23.4 Å². The molecule has 0 radical (unpaired) electrons. The van der Waals surface area contributed by atoms with Crippen molar-refractivity contribution in [2.24, 2.45) is 0 Å². The van der Waals surface area contributed by atoms with Gasteiger partial charge in [0.15, 0.2) is 11.5 Å². The SMILES string of the molecule is COc1cc(C=Cc2ccc([N+](=O)[O-])cc2[N+](=O)[O-])ccc1OC(=O)c1c(-c2ccccc2Cl)noc1C. The number of methoxy groups -OCH3 is 1. The van der Waals surface area contributed by atoms with E-state index in [-0.39, 0.29) is 39.8 Å². The van der Waals surface area contributed by atoms with E-state index >= 15 is 0 Å². The Morgan fingerprint density at radius 2 is 1.76 bits per heavy atom. The Morgan fingerprint density at radius 3 is 2.45 bits per heavy atom. The standard InChI is InChI=1S/C26H18ClN3O8/c1-15-24(25(28-38-15)19-5-3-4-6-20(19)27)26(31)37-22-12-8-16(13-23(22)36-2)7-9-17-10-11-18(29(32)33)14-21(17)30(34)35/h3-14H,1-2H3. The molecule has 0 saturated carbocycles. The second-order valence-corrected chi connectivity index (χ2v) is 8.24. The van der Waals surface area contributed by atoms with Crippen molar-refractivity contribution in [1.82, 2.24) is 5.16 Å². The number of nitro benzene ring substituents is 2. The maximum atomic E-state index is 13.1. The fourth-order valence-electron chi connectivity index (χ4n) is 3.60. The Kier molecular flexibility index (Phi) is 7.49. The summed E-state index contributed by atoms with van der Waals surface area (Å²) in [6.07, 6.45) is 3.00. The highest BCUT2D eigenvalue weighted by atomic mass is 35.5. The third-order valence-corrected chi connectivity index (χ3v) is 5.79. The predicted octanol–water partition coefficient (Wildman–Crippen LogP) is 6.52. The van der Waals surface area contributed by atoms with E-state index in [2.05, 4.69) is 5.16 Å². The van der Waals surface area contributed by atoms with Gasteiger partial charge in [0.2, 0.25) is 0 Å². The predicted molar refractivity (Wildman–Crippen MR) is 138 cm³/mol. The topological polar surface area (TPSA) is 148 Å². The van der Waals surface area contributed by atoms with Crippen LogP contribution in [0.2, 0.25) is 5.02 Å². The normalized spacial score (nSPS) is 10.9. The molecule has 38 heavy (non-hydrogen) atoms. The van der Waals surface area contributed by atoms with Crippen molar-refractivity contribution in [1.29, 1.82) is 0 Å². The number of aryl methyl sites for hydroxylation is 1. The summed E-state index contributed by atoms with van der Waals surface area (Å²) in [4.78, 5) is 34.0. The molecule has 0 aliphatic rings. The Hall–Kier alpha value is -5.03. The van der Waals surface area contributed by atoms with Gasteiger partial charge < -0.3 is 14.0 Å². The maximum Gasteiger partial charge on any atom is 0.349 e. The molecule has 0 bridgehead atoms. The number of esters is 1. The van der Waals surface area contributed by atoms with Gasteiger partial charge in [0, 0.05) is 11.6 Å². The summed E-state index contributed by atoms with van der Waals surface area (Å²) in [6, 6.07) is 14.9. The zero-order chi connectivity index (χ0) is 27.4. The minimum Gasteiger partial charge on any atom is -0.493 e. The van der Waals surface area contributed by atoms with Gasteiger partial charge in [0.25, 0.3) is 11.4 Å². The van der Waals surface area contributed by atoms with E-state index in [1.54, 1.807) is 49.4 Å². The number of hydrogen-bond acceptors (Lipinski definition) is 9. The summed E-state index contributed by atoms with van der Waals surface area (Å²) >= 11 is 6.27. The van der Waals surface area contributed by atoms with Crippen molar-refractivity contribution < 1.29 is 28.6 Å². The number of nitro groups is 2. The van der Waals surface area contributed by atoms with Crippen molar-refractivity contribution in [2.75, 3.05) is 7.11 Å². The number of carbonyl (C=O) groups is 1. The van der Waals surface area contributed by atoms with Crippen LogP contribution in [-0.2, 0) is 0 Å². The smallest absolute Gasteiger partial charge is 0.349 e. The van der Waals surface area contributed by atoms with Gasteiger partial charge in [-0.1, -0.05) is 47.1 Å². The number of non-ortho nitro benzene ring substituents is 1. The molecule has 12 heteroatoms. The Bertz CT molecular complexity index is 1600. The van der Waals surface area contributed by atoms with Crippen molar-refractivity contribution in [3.63, 3.8) is 0 Å². The summed E-state index contributed by atoms with van der Waals surface area (Å²) in [5, 5.41) is 26.7. The van der Waals surface area contributed by atoms with Crippen molar-refractivity contribution >= 4 is 41.1 Å². The van der Waals surface area contributed by atoms with Crippen LogP contribution in [0.1, 0.15) is 27.2 Å². The highest BCUT2D eigenvalue weighted by Gasteiger charge is 2.26. The van der Waals surface area contributed by atoms with Gasteiger partial charge in [0.05, 0.1) is 33.6 Å². The lowest BCUT2D eigenvalue weighted by atomic mass is 10.1. The zero-order valence-electron chi connectivity index (χ0n) is 19.9. The second-order valence-electron chi connectivity index (χ2n) is 7.83. The third kappa shape index (κ3) is 5.37. The van der Waals surface area contributed by atoms with Gasteiger partial charge >= 0.3 is 5.97 Å². The average molecular weight is 536 g/mol. The van der Waals surface area contributed by atoms with Crippen molar-refractivity contribution in [3.8, 4) is 22.8 Å². The molecule has 4 rings (SSSR count). The first-order valence-corrected chi connectivity index (χ1v) is 11.3. The first-order chi connectivity index (χ1) is 18.2. The highest BCUT2D eigenvalue weighted by Crippen LogP contribution is 2.34. The maximum absolute atomic E-state index is 13.1. The van der Waals surface area contributed by atoms with E-state index in [1.165, 1.54) is 31.4 Å². The molecule has 0 aliphatic carbocycles. The van der Waals surface area contributed by atoms with Crippen LogP contribution < -0.4 is 9.47 Å². The number of carbonyl (C=O) groups excluding carboxylic acids is 1. The minimum atomic E-state index is -0.734. The van der Waals surface area contributed by atoms with Crippen LogP contribution in [0.3, 0.4) is 0 Å². The minimum absolute atomic E-state index is 0.106. The average Bonchev–Trinajstić information content (AvgIpc) is 3.29. The van der Waals surface area contributed by atoms with Crippen LogP contribution in [0, 0.1) is 27.2 Å². The first-order valence-electron chi connectivity index (χ1n) is 10.9. The lowest BCUT2D eigenvalue weighted by molar-refractivity contribution is -0.394. The Balaban J connectivity index is 1.60. The molecule has 1 aromatic heterocycles. The molecule has 0 N–H and O–H groups in total. The molecule has 0 unspecified atom stereocenters. The molecule has 0 spiro atoms. The van der Waals surface area contributed by atoms with E-state index in [4.69, 9.17) is 25.6 Å². The number of ether oxygens (including phenoxy) is 2. The largest absolute Gasteiger partial charge is 0.493 e. The fourth-order valence-corrected chi connectivity index (χ4v) is 3.83. The molecule has 4 aromatic rings. The van der Waals surface area contributed by atoms with Gasteiger partial charge in [-0.25, -0.2) is 4.79 Å². The van der Waals surface area contributed by atoms with E-state index in [0.717, 1.165) is 6.07 Å². The Labute approximate surface area is 220 Å². The monoisotopic (exact) mass is 535 g/mol. The molecule has 0 atom stereocenters. The summed E-state index contributed by atoms with van der Waals surface area (Å²) in [7, 11) is 1.39. The second kappa shape index (κ2) is 10.9. The molecular formula is C26H18ClN3O8. The summed E-state index contributed by atoms with van der Waals surface area (Å²) in [5.41, 5.74) is 0.785. The van der Waals surface area contributed by atoms with Crippen LogP contribution in [0.5, 0.6) is 11.5 Å². The van der Waals surface area contributed by atoms with Gasteiger partial charge in [-0.3, -0.25) is 20.2 Å². The van der Waals surface area contributed by atoms with Crippen molar-refractivity contribution in [2.45, 2.75) is 6.92 Å². The van der Waals surface area contributed by atoms with Crippen LogP contribution >= 0.6 is 11.6 Å². The van der Waals surface area contributed by atoms with Crippen LogP contribution in [-0.4, -0.2) is 28.1 Å². The van der Waals surface area contributed by atoms with Crippen LogP contribution in [0.4, 0.5) is 11.4 Å². The zero-order valence-corrected chi connectivity index (χ0v) is 20.7. The molecule has 1 heterocycles. The van der Waals surface area contributed by atoms with E-state index in [1.807, 2.05) is 0 Å². The fraction of sp³-hybridized carbons (Fsp3) is 0.0769. The number of halogens is 1. The summed E-state index contributed by atoms with van der Waals surface area (Å²) < 4.78 is 16.2. The summed E-state index contributed by atoms with van der Waals surface area (Å²) in [6.45, 7) is 1.58. The number of rotatable bonds is 8. The van der Waals surface area contributed by atoms with Crippen LogP contribution in [0.15, 0.2) is 65.2 Å². The number of nitrogens with zero attached hydrogens (tertiary/aromatic N) is 3. The Morgan fingerprint density at radius 1 is 1.00 bits per heavy atom. The van der Waals surface area contributed by atoms with Crippen molar-refractivity contribution in [3.05, 3.63) is 108 Å². The number of aromatic nitrogens is 1. The molecule has 0 amide bonds. The lowest BCUT2D eigenvalue weighted by Crippen LogP contribution is -2.11. The van der Waals surface area contributed by atoms with Gasteiger partial charge in [-0.05, 0) is 42.8 Å². The van der Waals surface area contributed by atoms with E-state index in [0.29, 0.717) is 16.1 Å². The third-order valence-electron chi connectivity index (χ3n) is 5.46. The van der Waals surface area contributed by atoms with Gasteiger partial charge in [-0.15, -0.1) is 0 Å². The summed E-state index contributed by atoms with van der Waals surface area (Å²) in [5.74, 6) is -0.163. The molecule has 11 nitrogen and oxygen atoms in total. The molecule has 0 saturated heterocycles. The quantitative estimate of drug-likeness (QED) is 0.0807. The van der Waals surface area contributed by atoms with Gasteiger partial charge in [-0.2, -0.15) is 0 Å². The number of hydrogen-bond donors (Lipinski definition) is 0. The molecule has 0 aliphatic heterocycles. The molecule has 0 fully saturated rings. The van der Waals surface area contributed by atoms with E-state index in [9.17, 15) is 25.0 Å². The lowest BCUT2D eigenvalue weighted by Gasteiger charge is -2.10. The highest BCUT2D eigenvalue weighted by molar-refractivity contribution is 6.33. The molecule has 3 aromatic carbocycles. The van der Waals surface area contributed by atoms with Gasteiger partial charge in [0.1, 0.15) is 17.0 Å². The first kappa shape index (κ1) is 26.0. The molecule has 192 valence electrons. The number of benzene rings is 3. The molecular weight excluding hydrogens is 518 g/mol.